The van der Waals surface area contributed by atoms with Crippen molar-refractivity contribution in [2.75, 3.05) is 19.6 Å². The second kappa shape index (κ2) is 10.3. The van der Waals surface area contributed by atoms with Crippen LogP contribution < -0.4 is 0 Å². The van der Waals surface area contributed by atoms with Gasteiger partial charge in [0, 0.05) is 5.57 Å². The maximum absolute atomic E-state index is 9.83. The number of carboxylic acid groups (broad SMARTS) is 1. The summed E-state index contributed by atoms with van der Waals surface area (Å²) >= 11 is 0. The molecule has 0 bridgehead atoms. The third-order valence-corrected chi connectivity index (χ3v) is 2.07. The predicted octanol–water partition coefficient (Wildman–Crippen LogP) is 2.39. The molecule has 0 aromatic carbocycles. The van der Waals surface area contributed by atoms with Gasteiger partial charge in [-0.1, -0.05) is 34.3 Å². The van der Waals surface area contributed by atoms with Gasteiger partial charge in [-0.05, 0) is 26.1 Å². The third kappa shape index (κ3) is 9.26. The summed E-state index contributed by atoms with van der Waals surface area (Å²) in [5, 5.41) is 8.08. The van der Waals surface area contributed by atoms with E-state index in [4.69, 9.17) is 5.11 Å². The van der Waals surface area contributed by atoms with Gasteiger partial charge < -0.3 is 10.0 Å². The van der Waals surface area contributed by atoms with Crippen LogP contribution in [0.25, 0.3) is 0 Å². The number of carbonyl (C=O) groups is 1. The number of aliphatic carboxylic acids is 1. The van der Waals surface area contributed by atoms with Gasteiger partial charge in [-0.2, -0.15) is 0 Å². The molecular formula is C11H23NO2. The van der Waals surface area contributed by atoms with E-state index in [2.05, 4.69) is 32.3 Å². The fourth-order valence-electron chi connectivity index (χ4n) is 0.822. The summed E-state index contributed by atoms with van der Waals surface area (Å²) in [5.41, 5.74) is 0.264. The lowest BCUT2D eigenvalue weighted by atomic mass is 10.2. The van der Waals surface area contributed by atoms with Crippen LogP contribution in [-0.4, -0.2) is 35.6 Å². The SMILES string of the molecule is C=C(CC)C(=O)O.CCN(CC)CC. The smallest absolute Gasteiger partial charge is 0.330 e. The molecule has 0 spiro atoms. The second-order valence-electron chi connectivity index (χ2n) is 2.88. The molecule has 0 saturated heterocycles. The van der Waals surface area contributed by atoms with Crippen LogP contribution in [0.1, 0.15) is 34.1 Å². The fraction of sp³-hybridized carbons (Fsp3) is 0.727. The Morgan fingerprint density at radius 3 is 1.50 bits per heavy atom. The van der Waals surface area contributed by atoms with Crippen molar-refractivity contribution < 1.29 is 9.90 Å². The highest BCUT2D eigenvalue weighted by Crippen LogP contribution is 1.93. The molecule has 0 rings (SSSR count). The first kappa shape index (κ1) is 15.6. The Morgan fingerprint density at radius 1 is 1.14 bits per heavy atom. The first-order valence-corrected chi connectivity index (χ1v) is 5.16. The maximum Gasteiger partial charge on any atom is 0.330 e. The van der Waals surface area contributed by atoms with E-state index >= 15 is 0 Å². The van der Waals surface area contributed by atoms with Gasteiger partial charge in [-0.25, -0.2) is 4.79 Å². The Balaban J connectivity index is 0. The lowest BCUT2D eigenvalue weighted by Crippen LogP contribution is -2.21. The molecule has 3 nitrogen and oxygen atoms in total. The van der Waals surface area contributed by atoms with Crippen LogP contribution >= 0.6 is 0 Å². The number of carboxylic acids is 1. The molecule has 0 aromatic rings. The maximum atomic E-state index is 9.83. The first-order chi connectivity index (χ1) is 6.53. The van der Waals surface area contributed by atoms with Crippen LogP contribution in [0.5, 0.6) is 0 Å². The lowest BCUT2D eigenvalue weighted by molar-refractivity contribution is -0.132. The highest BCUT2D eigenvalue weighted by Gasteiger charge is 1.96. The Kier molecular flexibility index (Phi) is 11.4. The van der Waals surface area contributed by atoms with Crippen LogP contribution in [0.2, 0.25) is 0 Å². The number of hydrogen-bond donors (Lipinski definition) is 1. The number of rotatable bonds is 5. The molecule has 0 saturated carbocycles. The fourth-order valence-corrected chi connectivity index (χ4v) is 0.822. The van der Waals surface area contributed by atoms with Gasteiger partial charge in [0.25, 0.3) is 0 Å². The van der Waals surface area contributed by atoms with Crippen molar-refractivity contribution in [1.29, 1.82) is 0 Å². The van der Waals surface area contributed by atoms with Crippen LogP contribution in [0.3, 0.4) is 0 Å². The third-order valence-electron chi connectivity index (χ3n) is 2.07. The normalized spacial score (nSPS) is 9.21. The highest BCUT2D eigenvalue weighted by atomic mass is 16.4. The van der Waals surface area contributed by atoms with Crippen molar-refractivity contribution in [2.45, 2.75) is 34.1 Å². The van der Waals surface area contributed by atoms with Crippen LogP contribution in [0, 0.1) is 0 Å². The Bertz CT molecular complexity index is 157. The zero-order valence-corrected chi connectivity index (χ0v) is 9.84. The van der Waals surface area contributed by atoms with Gasteiger partial charge in [0.2, 0.25) is 0 Å². The van der Waals surface area contributed by atoms with Crippen molar-refractivity contribution in [1.82, 2.24) is 4.90 Å². The van der Waals surface area contributed by atoms with Gasteiger partial charge in [0.05, 0.1) is 0 Å². The summed E-state index contributed by atoms with van der Waals surface area (Å²) < 4.78 is 0. The molecule has 1 N–H and O–H groups in total. The molecular weight excluding hydrogens is 178 g/mol. The van der Waals surface area contributed by atoms with E-state index in [1.165, 1.54) is 19.6 Å². The van der Waals surface area contributed by atoms with Gasteiger partial charge in [-0.15, -0.1) is 0 Å². The topological polar surface area (TPSA) is 40.5 Å². The molecule has 0 aromatic heterocycles. The molecule has 0 heterocycles. The van der Waals surface area contributed by atoms with E-state index in [1.54, 1.807) is 6.92 Å². The Labute approximate surface area is 87.4 Å². The van der Waals surface area contributed by atoms with Crippen molar-refractivity contribution in [3.8, 4) is 0 Å². The van der Waals surface area contributed by atoms with Crippen LogP contribution in [0.15, 0.2) is 12.2 Å². The minimum absolute atomic E-state index is 0.264. The molecule has 0 amide bonds. The van der Waals surface area contributed by atoms with Crippen molar-refractivity contribution in [3.63, 3.8) is 0 Å². The summed E-state index contributed by atoms with van der Waals surface area (Å²) in [7, 11) is 0. The van der Waals surface area contributed by atoms with Crippen molar-refractivity contribution >= 4 is 5.97 Å². The average Bonchev–Trinajstić information content (AvgIpc) is 2.20. The molecule has 0 aliphatic rings. The minimum Gasteiger partial charge on any atom is -0.478 e. The largest absolute Gasteiger partial charge is 0.478 e. The average molecular weight is 201 g/mol. The van der Waals surface area contributed by atoms with Crippen molar-refractivity contribution in [3.05, 3.63) is 12.2 Å². The van der Waals surface area contributed by atoms with E-state index in [1.807, 2.05) is 0 Å². The molecule has 0 unspecified atom stereocenters. The monoisotopic (exact) mass is 201 g/mol. The summed E-state index contributed by atoms with van der Waals surface area (Å²) in [6.45, 7) is 15.2. The van der Waals surface area contributed by atoms with Crippen molar-refractivity contribution in [2.24, 2.45) is 0 Å². The Morgan fingerprint density at radius 2 is 1.50 bits per heavy atom. The van der Waals surface area contributed by atoms with E-state index in [9.17, 15) is 4.79 Å². The van der Waals surface area contributed by atoms with Gasteiger partial charge in [-0.3, -0.25) is 0 Å². The second-order valence-corrected chi connectivity index (χ2v) is 2.88. The van der Waals surface area contributed by atoms with Gasteiger partial charge in [0.15, 0.2) is 0 Å². The lowest BCUT2D eigenvalue weighted by Gasteiger charge is -2.13. The standard InChI is InChI=1S/C6H15N.C5H8O2/c1-4-7(5-2)6-3;1-3-4(2)5(6)7/h4-6H2,1-3H3;2-3H2,1H3,(H,6,7). The quantitative estimate of drug-likeness (QED) is 0.694. The number of nitrogens with zero attached hydrogens (tertiary/aromatic N) is 1. The molecule has 0 atom stereocenters. The molecule has 0 aliphatic carbocycles. The Hall–Kier alpha value is -0.830. The molecule has 0 fully saturated rings. The first-order valence-electron chi connectivity index (χ1n) is 5.16. The van der Waals surface area contributed by atoms with Gasteiger partial charge >= 0.3 is 5.97 Å². The zero-order chi connectivity index (χ0) is 11.6. The van der Waals surface area contributed by atoms with Gasteiger partial charge in [0.1, 0.15) is 0 Å². The van der Waals surface area contributed by atoms with E-state index in [0.717, 1.165) is 0 Å². The summed E-state index contributed by atoms with van der Waals surface area (Å²) in [5.74, 6) is -0.900. The van der Waals surface area contributed by atoms with E-state index < -0.39 is 5.97 Å². The molecule has 0 aliphatic heterocycles. The molecule has 3 heteroatoms. The van der Waals surface area contributed by atoms with Crippen LogP contribution in [-0.2, 0) is 4.79 Å². The molecule has 14 heavy (non-hydrogen) atoms. The molecule has 84 valence electrons. The van der Waals surface area contributed by atoms with E-state index in [0.29, 0.717) is 6.42 Å². The summed E-state index contributed by atoms with van der Waals surface area (Å²) in [6.07, 6.45) is 0.523. The predicted molar refractivity (Wildman–Crippen MR) is 60.5 cm³/mol. The van der Waals surface area contributed by atoms with E-state index in [-0.39, 0.29) is 5.57 Å². The number of hydrogen-bond acceptors (Lipinski definition) is 2. The minimum atomic E-state index is -0.900. The van der Waals surface area contributed by atoms with Crippen LogP contribution in [0.4, 0.5) is 0 Å². The highest BCUT2D eigenvalue weighted by molar-refractivity contribution is 5.85. The summed E-state index contributed by atoms with van der Waals surface area (Å²) in [4.78, 5) is 12.2. The molecule has 0 radical (unpaired) electrons. The zero-order valence-electron chi connectivity index (χ0n) is 9.84. The summed E-state index contributed by atoms with van der Waals surface area (Å²) in [6, 6.07) is 0.